The first-order valence-electron chi connectivity index (χ1n) is 8.96. The summed E-state index contributed by atoms with van der Waals surface area (Å²) < 4.78 is 14.9. The third kappa shape index (κ3) is 6.17. The Bertz CT molecular complexity index is 998. The zero-order chi connectivity index (χ0) is 20.8. The second kappa shape index (κ2) is 10.1. The number of aromatic nitrogens is 2. The molecule has 0 saturated heterocycles. The average molecular weight is 448 g/mol. The van der Waals surface area contributed by atoms with Crippen LogP contribution in [0.1, 0.15) is 13.8 Å². The molecule has 1 aromatic heterocycles. The van der Waals surface area contributed by atoms with E-state index in [0.29, 0.717) is 26.8 Å². The lowest BCUT2D eigenvalue weighted by Gasteiger charge is -2.15. The fourth-order valence-electron chi connectivity index (χ4n) is 2.51. The number of thioether (sulfide) groups is 1. The van der Waals surface area contributed by atoms with Crippen molar-refractivity contribution in [3.8, 4) is 0 Å². The van der Waals surface area contributed by atoms with Crippen molar-refractivity contribution >= 4 is 57.4 Å². The minimum atomic E-state index is -1.27. The van der Waals surface area contributed by atoms with Gasteiger partial charge in [0.05, 0.1) is 10.6 Å². The van der Waals surface area contributed by atoms with E-state index in [0.717, 1.165) is 16.3 Å². The third-order valence-corrected chi connectivity index (χ3v) is 6.15. The fourth-order valence-corrected chi connectivity index (χ4v) is 4.18. The number of nitrogens with one attached hydrogen (secondary N) is 3. The highest BCUT2D eigenvalue weighted by molar-refractivity contribution is 8.00. The maximum Gasteiger partial charge on any atom is 0.135 e. The zero-order valence-corrected chi connectivity index (χ0v) is 18.7. The molecule has 3 N–H and O–H groups in total. The summed E-state index contributed by atoms with van der Waals surface area (Å²) in [5, 5.41) is 7.65. The van der Waals surface area contributed by atoms with Crippen molar-refractivity contribution in [2.24, 2.45) is 0 Å². The van der Waals surface area contributed by atoms with Crippen LogP contribution >= 0.6 is 23.4 Å². The summed E-state index contributed by atoms with van der Waals surface area (Å²) in [6, 6.07) is 14.9. The highest BCUT2D eigenvalue weighted by atomic mass is 35.5. The Labute approximate surface area is 182 Å². The molecule has 0 bridgehead atoms. The van der Waals surface area contributed by atoms with Gasteiger partial charge < -0.3 is 10.6 Å². The summed E-state index contributed by atoms with van der Waals surface area (Å²) in [5.41, 5.74) is 1.72. The van der Waals surface area contributed by atoms with Gasteiger partial charge in [0.15, 0.2) is 0 Å². The van der Waals surface area contributed by atoms with Crippen molar-refractivity contribution < 1.29 is 4.21 Å². The van der Waals surface area contributed by atoms with Crippen LogP contribution in [0.3, 0.4) is 0 Å². The molecule has 2 aromatic carbocycles. The van der Waals surface area contributed by atoms with Crippen molar-refractivity contribution in [3.05, 3.63) is 59.9 Å². The predicted molar refractivity (Wildman–Crippen MR) is 123 cm³/mol. The van der Waals surface area contributed by atoms with E-state index in [1.807, 2.05) is 48.5 Å². The van der Waals surface area contributed by atoms with Crippen molar-refractivity contribution in [3.63, 3.8) is 0 Å². The Kier molecular flexibility index (Phi) is 7.49. The Morgan fingerprint density at radius 1 is 1.00 bits per heavy atom. The maximum atomic E-state index is 12.2. The van der Waals surface area contributed by atoms with E-state index >= 15 is 0 Å². The molecule has 3 aromatic rings. The van der Waals surface area contributed by atoms with Gasteiger partial charge in [-0.2, -0.15) is 0 Å². The monoisotopic (exact) mass is 447 g/mol. The van der Waals surface area contributed by atoms with Gasteiger partial charge in [-0.15, -0.1) is 11.8 Å². The van der Waals surface area contributed by atoms with Gasteiger partial charge in [0.25, 0.3) is 0 Å². The summed E-state index contributed by atoms with van der Waals surface area (Å²) in [7, 11) is 0.398. The molecule has 1 atom stereocenters. The minimum Gasteiger partial charge on any atom is -0.340 e. The van der Waals surface area contributed by atoms with Crippen LogP contribution in [0, 0.1) is 0 Å². The highest BCUT2D eigenvalue weighted by Crippen LogP contribution is 2.33. The number of hydrogen-bond donors (Lipinski definition) is 3. The molecule has 0 aliphatic heterocycles. The topological polar surface area (TPSA) is 78.9 Å². The molecule has 0 fully saturated rings. The van der Waals surface area contributed by atoms with E-state index in [4.69, 9.17) is 11.6 Å². The summed E-state index contributed by atoms with van der Waals surface area (Å²) in [6.45, 7) is 4.26. The second-order valence-electron chi connectivity index (χ2n) is 6.34. The van der Waals surface area contributed by atoms with Gasteiger partial charge in [0, 0.05) is 26.9 Å². The summed E-state index contributed by atoms with van der Waals surface area (Å²) in [6.07, 6.45) is 1.49. The van der Waals surface area contributed by atoms with Crippen LogP contribution < -0.4 is 15.4 Å². The lowest BCUT2D eigenvalue weighted by Crippen LogP contribution is -2.11. The SMILES string of the molecule is CNS(=O)c1ccc(SC(C)C)c(Nc2cc(Nc3ccc(Cl)cc3)ncn2)c1. The van der Waals surface area contributed by atoms with Gasteiger partial charge >= 0.3 is 0 Å². The molecular formula is C20H22ClN5OS2. The Balaban J connectivity index is 1.86. The van der Waals surface area contributed by atoms with Gasteiger partial charge in [-0.3, -0.25) is 0 Å². The highest BCUT2D eigenvalue weighted by Gasteiger charge is 2.11. The van der Waals surface area contributed by atoms with Gasteiger partial charge in [-0.25, -0.2) is 18.9 Å². The van der Waals surface area contributed by atoms with Crippen LogP contribution in [0.15, 0.2) is 64.6 Å². The molecule has 9 heteroatoms. The van der Waals surface area contributed by atoms with Crippen LogP contribution in [0.25, 0.3) is 0 Å². The van der Waals surface area contributed by atoms with E-state index in [9.17, 15) is 4.21 Å². The first-order chi connectivity index (χ1) is 13.9. The van der Waals surface area contributed by atoms with Crippen LogP contribution in [0.4, 0.5) is 23.0 Å². The molecule has 0 amide bonds. The van der Waals surface area contributed by atoms with Crippen molar-refractivity contribution in [2.75, 3.05) is 17.7 Å². The molecular weight excluding hydrogens is 426 g/mol. The van der Waals surface area contributed by atoms with Gasteiger partial charge in [-0.1, -0.05) is 25.4 Å². The van der Waals surface area contributed by atoms with Gasteiger partial charge in [0.1, 0.15) is 28.9 Å². The first kappa shape index (κ1) is 21.6. The lowest BCUT2D eigenvalue weighted by molar-refractivity contribution is 0.678. The van der Waals surface area contributed by atoms with Crippen molar-refractivity contribution in [2.45, 2.75) is 28.9 Å². The molecule has 152 valence electrons. The maximum absolute atomic E-state index is 12.2. The van der Waals surface area contributed by atoms with Gasteiger partial charge in [-0.05, 0) is 49.5 Å². The average Bonchev–Trinajstić information content (AvgIpc) is 2.70. The molecule has 1 unspecified atom stereocenters. The van der Waals surface area contributed by atoms with E-state index in [1.54, 1.807) is 18.8 Å². The predicted octanol–water partition coefficient (Wildman–Crippen LogP) is 5.36. The number of nitrogens with zero attached hydrogens (tertiary/aromatic N) is 2. The van der Waals surface area contributed by atoms with Crippen LogP contribution in [-0.4, -0.2) is 26.5 Å². The van der Waals surface area contributed by atoms with E-state index in [-0.39, 0.29) is 0 Å². The smallest absolute Gasteiger partial charge is 0.135 e. The number of anilines is 4. The number of halogens is 1. The summed E-state index contributed by atoms with van der Waals surface area (Å²) in [4.78, 5) is 10.3. The number of benzene rings is 2. The van der Waals surface area contributed by atoms with E-state index < -0.39 is 11.0 Å². The normalized spacial score (nSPS) is 12.0. The quantitative estimate of drug-likeness (QED) is 0.403. The minimum absolute atomic E-state index is 0.406. The van der Waals surface area contributed by atoms with Crippen molar-refractivity contribution in [1.82, 2.24) is 14.7 Å². The Morgan fingerprint density at radius 3 is 2.34 bits per heavy atom. The summed E-state index contributed by atoms with van der Waals surface area (Å²) >= 11 is 7.66. The molecule has 6 nitrogen and oxygen atoms in total. The standard InChI is InChI=1S/C20H22ClN5OS2/c1-13(2)28-18-9-8-16(29(27)22-3)10-17(18)26-20-11-19(23-12-24-20)25-15-6-4-14(21)5-7-15/h4-13,22H,1-3H3,(H2,23,24,25,26). The van der Waals surface area contributed by atoms with Crippen LogP contribution in [-0.2, 0) is 11.0 Å². The molecule has 3 rings (SSSR count). The largest absolute Gasteiger partial charge is 0.340 e. The first-order valence-corrected chi connectivity index (χ1v) is 11.4. The number of rotatable bonds is 8. The van der Waals surface area contributed by atoms with E-state index in [2.05, 4.69) is 39.2 Å². The Hall–Kier alpha value is -2.13. The summed E-state index contributed by atoms with van der Waals surface area (Å²) in [5.74, 6) is 1.28. The molecule has 0 aliphatic carbocycles. The second-order valence-corrected chi connectivity index (χ2v) is 9.81. The van der Waals surface area contributed by atoms with Crippen LogP contribution in [0.2, 0.25) is 5.02 Å². The van der Waals surface area contributed by atoms with E-state index in [1.165, 1.54) is 6.33 Å². The molecule has 0 saturated carbocycles. The Morgan fingerprint density at radius 2 is 1.69 bits per heavy atom. The van der Waals surface area contributed by atoms with Crippen LogP contribution in [0.5, 0.6) is 0 Å². The molecule has 0 radical (unpaired) electrons. The molecule has 29 heavy (non-hydrogen) atoms. The number of hydrogen-bond acceptors (Lipinski definition) is 6. The zero-order valence-electron chi connectivity index (χ0n) is 16.3. The molecule has 0 aliphatic rings. The molecule has 0 spiro atoms. The molecule has 1 heterocycles. The van der Waals surface area contributed by atoms with Crippen molar-refractivity contribution in [1.29, 1.82) is 0 Å². The fraction of sp³-hybridized carbons (Fsp3) is 0.200. The van der Waals surface area contributed by atoms with Gasteiger partial charge in [0.2, 0.25) is 0 Å². The third-order valence-electron chi connectivity index (χ3n) is 3.76. The lowest BCUT2D eigenvalue weighted by atomic mass is 10.3.